The highest BCUT2D eigenvalue weighted by Crippen LogP contribution is 2.33. The Morgan fingerprint density at radius 2 is 1.72 bits per heavy atom. The molecular formula is C19H23N5O. The molecule has 1 aromatic heterocycles. The van der Waals surface area contributed by atoms with Gasteiger partial charge >= 0.3 is 5.69 Å². The number of hydrogen-bond acceptors (Lipinski definition) is 4. The molecule has 2 N–H and O–H groups in total. The van der Waals surface area contributed by atoms with Crippen LogP contribution in [-0.2, 0) is 7.05 Å². The quantitative estimate of drug-likeness (QED) is 0.770. The van der Waals surface area contributed by atoms with Crippen molar-refractivity contribution in [3.63, 3.8) is 0 Å². The molecule has 25 heavy (non-hydrogen) atoms. The molecule has 1 aliphatic heterocycles. The molecule has 0 atom stereocenters. The number of likely N-dealkylation sites (N-methyl/N-ethyl adjacent to an activating group) is 1. The number of aromatic amines is 1. The maximum atomic E-state index is 12.0. The number of aryl methyl sites for hydroxylation is 1. The summed E-state index contributed by atoms with van der Waals surface area (Å²) in [6, 6.07) is 14.3. The van der Waals surface area contributed by atoms with E-state index in [1.54, 1.807) is 11.6 Å². The topological polar surface area (TPSA) is 56.3 Å². The lowest BCUT2D eigenvalue weighted by molar-refractivity contribution is 0.313. The minimum Gasteiger partial charge on any atom is -0.367 e. The van der Waals surface area contributed by atoms with Crippen LogP contribution in [0.25, 0.3) is 11.0 Å². The lowest BCUT2D eigenvalue weighted by Gasteiger charge is -2.35. The molecular weight excluding hydrogens is 314 g/mol. The number of nitrogens with zero attached hydrogens (tertiary/aromatic N) is 3. The first-order valence-corrected chi connectivity index (χ1v) is 8.60. The van der Waals surface area contributed by atoms with Gasteiger partial charge in [0.15, 0.2) is 0 Å². The third-order valence-corrected chi connectivity index (χ3v) is 4.92. The predicted molar refractivity (Wildman–Crippen MR) is 103 cm³/mol. The highest BCUT2D eigenvalue weighted by molar-refractivity contribution is 5.90. The Labute approximate surface area is 146 Å². The average molecular weight is 337 g/mol. The molecule has 6 nitrogen and oxygen atoms in total. The number of hydrogen-bond donors (Lipinski definition) is 2. The van der Waals surface area contributed by atoms with Gasteiger partial charge in [0.05, 0.1) is 22.4 Å². The molecule has 0 saturated carbocycles. The first-order valence-electron chi connectivity index (χ1n) is 8.60. The third-order valence-electron chi connectivity index (χ3n) is 4.92. The first-order chi connectivity index (χ1) is 12.1. The number of rotatable bonds is 3. The van der Waals surface area contributed by atoms with Crippen molar-refractivity contribution in [1.29, 1.82) is 0 Å². The van der Waals surface area contributed by atoms with Crippen LogP contribution in [-0.4, -0.2) is 47.7 Å². The second-order valence-electron chi connectivity index (χ2n) is 6.66. The van der Waals surface area contributed by atoms with Crippen molar-refractivity contribution in [2.24, 2.45) is 7.05 Å². The zero-order valence-corrected chi connectivity index (χ0v) is 14.6. The van der Waals surface area contributed by atoms with E-state index in [2.05, 4.69) is 33.2 Å². The van der Waals surface area contributed by atoms with Crippen LogP contribution in [0.3, 0.4) is 0 Å². The van der Waals surface area contributed by atoms with Crippen molar-refractivity contribution in [3.8, 4) is 0 Å². The Kier molecular flexibility index (Phi) is 3.97. The van der Waals surface area contributed by atoms with Crippen molar-refractivity contribution in [2.45, 2.75) is 0 Å². The van der Waals surface area contributed by atoms with E-state index in [4.69, 9.17) is 0 Å². The Morgan fingerprint density at radius 3 is 2.44 bits per heavy atom. The summed E-state index contributed by atoms with van der Waals surface area (Å²) in [4.78, 5) is 19.7. The Balaban J connectivity index is 1.80. The van der Waals surface area contributed by atoms with Gasteiger partial charge in [0.1, 0.15) is 0 Å². The highest BCUT2D eigenvalue weighted by atomic mass is 16.1. The smallest absolute Gasteiger partial charge is 0.326 e. The number of anilines is 3. The fourth-order valence-corrected chi connectivity index (χ4v) is 3.35. The fraction of sp³-hybridized carbons (Fsp3) is 0.316. The van der Waals surface area contributed by atoms with Crippen LogP contribution in [0.4, 0.5) is 17.1 Å². The number of nitrogens with one attached hydrogen (secondary N) is 2. The SMILES string of the molecule is CN1CCN(c2cc3c(cc2Nc2ccccc2)[nH]c(=O)n3C)CC1. The Bertz CT molecular complexity index is 936. The molecule has 1 aliphatic rings. The van der Waals surface area contributed by atoms with Gasteiger partial charge in [-0.1, -0.05) is 18.2 Å². The zero-order chi connectivity index (χ0) is 17.4. The number of piperazine rings is 1. The van der Waals surface area contributed by atoms with Gasteiger partial charge in [0, 0.05) is 38.9 Å². The summed E-state index contributed by atoms with van der Waals surface area (Å²) < 4.78 is 1.67. The Morgan fingerprint density at radius 1 is 1.00 bits per heavy atom. The van der Waals surface area contributed by atoms with E-state index in [1.807, 2.05) is 36.4 Å². The predicted octanol–water partition coefficient (Wildman–Crippen LogP) is 2.36. The number of aromatic nitrogens is 2. The van der Waals surface area contributed by atoms with Gasteiger partial charge in [0.25, 0.3) is 0 Å². The van der Waals surface area contributed by atoms with Gasteiger partial charge in [-0.25, -0.2) is 4.79 Å². The molecule has 6 heteroatoms. The first kappa shape index (κ1) is 15.8. The summed E-state index contributed by atoms with van der Waals surface area (Å²) in [5.41, 5.74) is 4.89. The average Bonchev–Trinajstić information content (AvgIpc) is 2.90. The maximum Gasteiger partial charge on any atom is 0.326 e. The second-order valence-corrected chi connectivity index (χ2v) is 6.66. The number of H-pyrrole nitrogens is 1. The van der Waals surface area contributed by atoms with Crippen LogP contribution in [0.1, 0.15) is 0 Å². The molecule has 0 aliphatic carbocycles. The molecule has 0 bridgehead atoms. The number of imidazole rings is 1. The minimum atomic E-state index is -0.0869. The van der Waals surface area contributed by atoms with Crippen molar-refractivity contribution in [3.05, 3.63) is 52.9 Å². The van der Waals surface area contributed by atoms with Gasteiger partial charge in [0.2, 0.25) is 0 Å². The van der Waals surface area contributed by atoms with Crippen molar-refractivity contribution in [1.82, 2.24) is 14.5 Å². The van der Waals surface area contributed by atoms with Crippen LogP contribution in [0.5, 0.6) is 0 Å². The third kappa shape index (κ3) is 3.00. The van der Waals surface area contributed by atoms with E-state index in [0.717, 1.165) is 54.3 Å². The second kappa shape index (κ2) is 6.29. The summed E-state index contributed by atoms with van der Waals surface area (Å²) in [7, 11) is 3.96. The van der Waals surface area contributed by atoms with E-state index >= 15 is 0 Å². The zero-order valence-electron chi connectivity index (χ0n) is 14.6. The molecule has 0 unspecified atom stereocenters. The standard InChI is InChI=1S/C19H23N5O/c1-22-8-10-24(11-9-22)18-13-17-15(21-19(25)23(17)2)12-16(18)20-14-6-4-3-5-7-14/h3-7,12-13,20H,8-11H2,1-2H3,(H,21,25). The molecule has 0 amide bonds. The maximum absolute atomic E-state index is 12.0. The Hall–Kier alpha value is -2.73. The van der Waals surface area contributed by atoms with E-state index in [0.29, 0.717) is 0 Å². The van der Waals surface area contributed by atoms with Crippen LogP contribution < -0.4 is 15.9 Å². The summed E-state index contributed by atoms with van der Waals surface area (Å²) in [5.74, 6) is 0. The van der Waals surface area contributed by atoms with E-state index in [-0.39, 0.29) is 5.69 Å². The van der Waals surface area contributed by atoms with E-state index in [1.165, 1.54) is 0 Å². The highest BCUT2D eigenvalue weighted by Gasteiger charge is 2.19. The van der Waals surface area contributed by atoms with Crippen molar-refractivity contribution >= 4 is 28.1 Å². The molecule has 1 fully saturated rings. The largest absolute Gasteiger partial charge is 0.367 e. The minimum absolute atomic E-state index is 0.0869. The van der Waals surface area contributed by atoms with Gasteiger partial charge in [-0.2, -0.15) is 0 Å². The van der Waals surface area contributed by atoms with Crippen LogP contribution in [0.15, 0.2) is 47.3 Å². The van der Waals surface area contributed by atoms with Gasteiger partial charge < -0.3 is 20.1 Å². The summed E-state index contributed by atoms with van der Waals surface area (Å²) in [6.07, 6.45) is 0. The molecule has 4 rings (SSSR count). The van der Waals surface area contributed by atoms with E-state index < -0.39 is 0 Å². The van der Waals surface area contributed by atoms with Crippen LogP contribution in [0.2, 0.25) is 0 Å². The van der Waals surface area contributed by atoms with Crippen molar-refractivity contribution in [2.75, 3.05) is 43.4 Å². The molecule has 0 spiro atoms. The lowest BCUT2D eigenvalue weighted by atomic mass is 10.1. The van der Waals surface area contributed by atoms with Crippen LogP contribution in [0, 0.1) is 0 Å². The molecule has 2 heterocycles. The molecule has 1 saturated heterocycles. The number of para-hydroxylation sites is 1. The van der Waals surface area contributed by atoms with Crippen LogP contribution >= 0.6 is 0 Å². The van der Waals surface area contributed by atoms with Gasteiger partial charge in [-0.15, -0.1) is 0 Å². The fourth-order valence-electron chi connectivity index (χ4n) is 3.35. The molecule has 130 valence electrons. The van der Waals surface area contributed by atoms with Crippen molar-refractivity contribution < 1.29 is 0 Å². The summed E-state index contributed by atoms with van der Waals surface area (Å²) in [5, 5.41) is 3.52. The summed E-state index contributed by atoms with van der Waals surface area (Å²) >= 11 is 0. The summed E-state index contributed by atoms with van der Waals surface area (Å²) in [6.45, 7) is 4.03. The number of benzene rings is 2. The lowest BCUT2D eigenvalue weighted by Crippen LogP contribution is -2.44. The molecule has 0 radical (unpaired) electrons. The van der Waals surface area contributed by atoms with Gasteiger partial charge in [-0.05, 0) is 31.3 Å². The monoisotopic (exact) mass is 337 g/mol. The van der Waals surface area contributed by atoms with E-state index in [9.17, 15) is 4.79 Å². The van der Waals surface area contributed by atoms with Gasteiger partial charge in [-0.3, -0.25) is 4.57 Å². The molecule has 3 aromatic rings. The normalized spacial score (nSPS) is 15.7. The number of fused-ring (bicyclic) bond motifs is 1. The molecule has 2 aromatic carbocycles.